The van der Waals surface area contributed by atoms with Gasteiger partial charge < -0.3 is 10.0 Å². The van der Waals surface area contributed by atoms with Crippen LogP contribution in [-0.2, 0) is 0 Å². The maximum Gasteiger partial charge on any atom is 0.482 e. The van der Waals surface area contributed by atoms with Crippen LogP contribution in [0.4, 0.5) is 0 Å². The number of hydrogen-bond donors (Lipinski definition) is 2. The lowest BCUT2D eigenvalue weighted by Gasteiger charge is -1.46. The standard InChI is InChI=1S/C2H6.BH2O2/c1-2;2-1-3/h1-2H3;2-3H. The van der Waals surface area contributed by atoms with Gasteiger partial charge in [-0.15, -0.1) is 0 Å². The molecule has 0 fully saturated rings. The van der Waals surface area contributed by atoms with Gasteiger partial charge in [0.2, 0.25) is 0 Å². The maximum atomic E-state index is 7.00. The van der Waals surface area contributed by atoms with Gasteiger partial charge in [0.25, 0.3) is 0 Å². The minimum absolute atomic E-state index is 0. The van der Waals surface area contributed by atoms with Crippen LogP contribution in [0.5, 0.6) is 0 Å². The van der Waals surface area contributed by atoms with Gasteiger partial charge in [-0.05, 0) is 0 Å². The molecule has 0 aromatic rings. The minimum atomic E-state index is 0. The fraction of sp³-hybridized carbons (Fsp3) is 1.00. The van der Waals surface area contributed by atoms with Gasteiger partial charge in [0.05, 0.1) is 0 Å². The second-order valence-corrected chi connectivity index (χ2v) is 0.115. The van der Waals surface area contributed by atoms with Crippen molar-refractivity contribution in [3.63, 3.8) is 0 Å². The Kier molecular flexibility index (Phi) is 65.0. The highest BCUT2D eigenvalue weighted by Gasteiger charge is 1.51. The second-order valence-electron chi connectivity index (χ2n) is 0.115. The summed E-state index contributed by atoms with van der Waals surface area (Å²) in [5.41, 5.74) is 0. The molecule has 0 aromatic carbocycles. The zero-order chi connectivity index (χ0) is 4.71. The van der Waals surface area contributed by atoms with Gasteiger partial charge in [-0.3, -0.25) is 0 Å². The highest BCUT2D eigenvalue weighted by Crippen LogP contribution is 1.14. The van der Waals surface area contributed by atoms with Crippen LogP contribution in [0.3, 0.4) is 0 Å². The van der Waals surface area contributed by atoms with E-state index in [0.29, 0.717) is 0 Å². The first-order chi connectivity index (χ1) is 2.41. The Labute approximate surface area is 32.8 Å². The average Bonchev–Trinajstić information content (AvgIpc) is 1.46. The molecule has 0 saturated heterocycles. The quantitative estimate of drug-likeness (QED) is 0.382. The molecule has 0 saturated carbocycles. The fourth-order valence-corrected chi connectivity index (χ4v) is 0. The van der Waals surface area contributed by atoms with Crippen molar-refractivity contribution in [3.8, 4) is 0 Å². The second kappa shape index (κ2) is 36.6. The molecule has 0 atom stereocenters. The van der Waals surface area contributed by atoms with Crippen LogP contribution in [0.2, 0.25) is 0 Å². The normalized spacial score (nSPS) is 4.00. The molecule has 0 aliphatic rings. The molecule has 5 heavy (non-hydrogen) atoms. The van der Waals surface area contributed by atoms with E-state index in [1.54, 1.807) is 0 Å². The number of hydrogen-bond acceptors (Lipinski definition) is 2. The molecular weight excluding hydrogens is 66.8 g/mol. The summed E-state index contributed by atoms with van der Waals surface area (Å²) in [5.74, 6) is 0. The van der Waals surface area contributed by atoms with Crippen molar-refractivity contribution in [1.29, 1.82) is 0 Å². The first-order valence-electron chi connectivity index (χ1n) is 1.52. The van der Waals surface area contributed by atoms with Crippen molar-refractivity contribution in [2.24, 2.45) is 0 Å². The zero-order valence-corrected chi connectivity index (χ0v) is 3.47. The van der Waals surface area contributed by atoms with E-state index in [1.807, 2.05) is 13.8 Å². The Morgan fingerprint density at radius 3 is 1.20 bits per heavy atom. The molecule has 2 N–H and O–H groups in total. The first-order valence-corrected chi connectivity index (χ1v) is 1.52. The van der Waals surface area contributed by atoms with Gasteiger partial charge in [-0.2, -0.15) is 0 Å². The summed E-state index contributed by atoms with van der Waals surface area (Å²) >= 11 is 0. The lowest BCUT2D eigenvalue weighted by Crippen LogP contribution is -1.75. The van der Waals surface area contributed by atoms with Crippen molar-refractivity contribution in [1.82, 2.24) is 0 Å². The van der Waals surface area contributed by atoms with E-state index in [0.717, 1.165) is 0 Å². The lowest BCUT2D eigenvalue weighted by atomic mass is 10.5. The van der Waals surface area contributed by atoms with Crippen LogP contribution in [0, 0.1) is 0 Å². The smallest absolute Gasteiger partial charge is 0.429 e. The topological polar surface area (TPSA) is 40.5 Å². The third-order valence-electron chi connectivity index (χ3n) is 0. The molecular formula is C2H8BO2. The Hall–Kier alpha value is -0.0151. The summed E-state index contributed by atoms with van der Waals surface area (Å²) in [6, 6.07) is 0. The predicted octanol–water partition coefficient (Wildman–Crippen LogP) is -0.469. The minimum Gasteiger partial charge on any atom is -0.429 e. The van der Waals surface area contributed by atoms with Gasteiger partial charge in [0, 0.05) is 0 Å². The summed E-state index contributed by atoms with van der Waals surface area (Å²) in [6.07, 6.45) is 0. The molecule has 31 valence electrons. The van der Waals surface area contributed by atoms with Crippen LogP contribution in [-0.4, -0.2) is 17.7 Å². The Morgan fingerprint density at radius 2 is 1.20 bits per heavy atom. The van der Waals surface area contributed by atoms with Crippen LogP contribution >= 0.6 is 0 Å². The Bertz CT molecular complexity index is 7.61. The highest BCUT2D eigenvalue weighted by atomic mass is 16.4. The molecule has 0 aliphatic carbocycles. The highest BCUT2D eigenvalue weighted by molar-refractivity contribution is 6.13. The van der Waals surface area contributed by atoms with Crippen molar-refractivity contribution in [2.45, 2.75) is 13.8 Å². The maximum absolute atomic E-state index is 7.00. The molecule has 2 nitrogen and oxygen atoms in total. The fourth-order valence-electron chi connectivity index (χ4n) is 0. The van der Waals surface area contributed by atoms with Crippen molar-refractivity contribution >= 4 is 7.69 Å². The summed E-state index contributed by atoms with van der Waals surface area (Å²) in [5, 5.41) is 14.0. The van der Waals surface area contributed by atoms with Crippen molar-refractivity contribution in [2.75, 3.05) is 0 Å². The van der Waals surface area contributed by atoms with Gasteiger partial charge in [-0.25, -0.2) is 0 Å². The van der Waals surface area contributed by atoms with E-state index < -0.39 is 0 Å². The van der Waals surface area contributed by atoms with Crippen LogP contribution in [0.15, 0.2) is 0 Å². The monoisotopic (exact) mass is 75.1 g/mol. The molecule has 1 radical (unpaired) electrons. The first kappa shape index (κ1) is 8.88. The van der Waals surface area contributed by atoms with E-state index in [2.05, 4.69) is 0 Å². The average molecular weight is 74.9 g/mol. The third-order valence-corrected chi connectivity index (χ3v) is 0. The molecule has 0 bridgehead atoms. The summed E-state index contributed by atoms with van der Waals surface area (Å²) in [6.45, 7) is 4.00. The molecule has 0 heterocycles. The molecule has 0 amide bonds. The van der Waals surface area contributed by atoms with Gasteiger partial charge in [0.1, 0.15) is 0 Å². The molecule has 0 unspecified atom stereocenters. The Balaban J connectivity index is 0. The molecule has 0 spiro atoms. The SMILES string of the molecule is CC.O[B]O. The molecule has 3 heteroatoms. The lowest BCUT2D eigenvalue weighted by molar-refractivity contribution is 0.448. The summed E-state index contributed by atoms with van der Waals surface area (Å²) in [4.78, 5) is 0. The molecule has 0 rings (SSSR count). The van der Waals surface area contributed by atoms with Gasteiger partial charge >= 0.3 is 7.69 Å². The van der Waals surface area contributed by atoms with Crippen LogP contribution < -0.4 is 0 Å². The van der Waals surface area contributed by atoms with Crippen LogP contribution in [0.1, 0.15) is 13.8 Å². The van der Waals surface area contributed by atoms with Crippen molar-refractivity contribution < 1.29 is 10.0 Å². The van der Waals surface area contributed by atoms with E-state index in [-0.39, 0.29) is 7.69 Å². The molecule has 0 aromatic heterocycles. The van der Waals surface area contributed by atoms with Gasteiger partial charge in [-0.1, -0.05) is 13.8 Å². The van der Waals surface area contributed by atoms with E-state index in [9.17, 15) is 0 Å². The number of rotatable bonds is 0. The van der Waals surface area contributed by atoms with E-state index in [1.165, 1.54) is 0 Å². The van der Waals surface area contributed by atoms with Crippen LogP contribution in [0.25, 0.3) is 0 Å². The zero-order valence-electron chi connectivity index (χ0n) is 3.47. The largest absolute Gasteiger partial charge is 0.482 e. The van der Waals surface area contributed by atoms with Crippen molar-refractivity contribution in [3.05, 3.63) is 0 Å². The van der Waals surface area contributed by atoms with E-state index >= 15 is 0 Å². The van der Waals surface area contributed by atoms with E-state index in [4.69, 9.17) is 10.0 Å². The third kappa shape index (κ3) is 69200. The van der Waals surface area contributed by atoms with Gasteiger partial charge in [0.15, 0.2) is 0 Å². The summed E-state index contributed by atoms with van der Waals surface area (Å²) in [7, 11) is 0. The Morgan fingerprint density at radius 1 is 1.20 bits per heavy atom. The molecule has 0 aliphatic heterocycles. The predicted molar refractivity (Wildman–Crippen MR) is 21.5 cm³/mol. The summed E-state index contributed by atoms with van der Waals surface area (Å²) < 4.78 is 0.